The summed E-state index contributed by atoms with van der Waals surface area (Å²) in [5.41, 5.74) is 0. The van der Waals surface area contributed by atoms with E-state index in [9.17, 15) is 0 Å². The van der Waals surface area contributed by atoms with Crippen LogP contribution in [0.1, 0.15) is 33.6 Å². The molecule has 0 aliphatic carbocycles. The lowest BCUT2D eigenvalue weighted by Gasteiger charge is -2.06. The lowest BCUT2D eigenvalue weighted by Crippen LogP contribution is -2.20. The van der Waals surface area contributed by atoms with Gasteiger partial charge in [0.05, 0.1) is 0 Å². The van der Waals surface area contributed by atoms with Crippen molar-refractivity contribution in [2.45, 2.75) is 39.7 Å². The van der Waals surface area contributed by atoms with Crippen LogP contribution in [0.2, 0.25) is 0 Å². The van der Waals surface area contributed by atoms with E-state index in [1.54, 1.807) is 0 Å². The molecule has 0 spiro atoms. The quantitative estimate of drug-likeness (QED) is 0.602. The van der Waals surface area contributed by atoms with Crippen LogP contribution in [0.5, 0.6) is 0 Å². The molecular weight excluding hydrogens is 134 g/mol. The Hall–Kier alpha value is -0.300. The SMILES string of the molecule is CNC(C)CCC=CC(C)C. The molecule has 0 bridgehead atoms. The topological polar surface area (TPSA) is 12.0 Å². The predicted molar refractivity (Wildman–Crippen MR) is 51.7 cm³/mol. The molecule has 1 atom stereocenters. The molecule has 1 N–H and O–H groups in total. The molecule has 0 aromatic carbocycles. The molecule has 0 aliphatic heterocycles. The van der Waals surface area contributed by atoms with E-state index >= 15 is 0 Å². The van der Waals surface area contributed by atoms with Gasteiger partial charge in [-0.1, -0.05) is 26.0 Å². The lowest BCUT2D eigenvalue weighted by molar-refractivity contribution is 0.569. The van der Waals surface area contributed by atoms with E-state index in [1.165, 1.54) is 12.8 Å². The molecule has 1 nitrogen and oxygen atoms in total. The fraction of sp³-hybridized carbons (Fsp3) is 0.800. The van der Waals surface area contributed by atoms with Crippen molar-refractivity contribution in [1.29, 1.82) is 0 Å². The van der Waals surface area contributed by atoms with Gasteiger partial charge >= 0.3 is 0 Å². The number of allylic oxidation sites excluding steroid dienone is 2. The van der Waals surface area contributed by atoms with Gasteiger partial charge in [0.15, 0.2) is 0 Å². The molecule has 0 radical (unpaired) electrons. The van der Waals surface area contributed by atoms with E-state index in [2.05, 4.69) is 38.2 Å². The summed E-state index contributed by atoms with van der Waals surface area (Å²) in [4.78, 5) is 0. The highest BCUT2D eigenvalue weighted by atomic mass is 14.8. The van der Waals surface area contributed by atoms with Crippen LogP contribution < -0.4 is 5.32 Å². The van der Waals surface area contributed by atoms with Crippen molar-refractivity contribution >= 4 is 0 Å². The van der Waals surface area contributed by atoms with Gasteiger partial charge in [-0.2, -0.15) is 0 Å². The van der Waals surface area contributed by atoms with Crippen LogP contribution in [-0.2, 0) is 0 Å². The largest absolute Gasteiger partial charge is 0.317 e. The summed E-state index contributed by atoms with van der Waals surface area (Å²) in [6, 6.07) is 0.645. The van der Waals surface area contributed by atoms with E-state index in [0.29, 0.717) is 12.0 Å². The molecule has 66 valence electrons. The van der Waals surface area contributed by atoms with E-state index < -0.39 is 0 Å². The minimum Gasteiger partial charge on any atom is -0.317 e. The van der Waals surface area contributed by atoms with Crippen LogP contribution in [0, 0.1) is 5.92 Å². The maximum Gasteiger partial charge on any atom is 0.00386 e. The van der Waals surface area contributed by atoms with Crippen molar-refractivity contribution < 1.29 is 0 Å². The van der Waals surface area contributed by atoms with Gasteiger partial charge in [-0.3, -0.25) is 0 Å². The van der Waals surface area contributed by atoms with Gasteiger partial charge < -0.3 is 5.32 Å². The summed E-state index contributed by atoms with van der Waals surface area (Å²) in [5.74, 6) is 0.694. The average Bonchev–Trinajstić information content (AvgIpc) is 1.97. The van der Waals surface area contributed by atoms with Crippen molar-refractivity contribution in [2.75, 3.05) is 7.05 Å². The third kappa shape index (κ3) is 7.60. The first-order chi connectivity index (χ1) is 5.16. The van der Waals surface area contributed by atoms with Crippen molar-refractivity contribution in [3.05, 3.63) is 12.2 Å². The van der Waals surface area contributed by atoms with Gasteiger partial charge in [-0.05, 0) is 32.7 Å². The molecule has 0 heterocycles. The Morgan fingerprint density at radius 1 is 1.27 bits per heavy atom. The Balaban J connectivity index is 3.26. The normalized spacial score (nSPS) is 14.6. The second kappa shape index (κ2) is 6.41. The highest BCUT2D eigenvalue weighted by Gasteiger charge is 1.93. The molecule has 0 aliphatic rings. The Labute approximate surface area is 70.9 Å². The molecule has 0 fully saturated rings. The van der Waals surface area contributed by atoms with Gasteiger partial charge in [-0.15, -0.1) is 0 Å². The zero-order valence-corrected chi connectivity index (χ0v) is 8.22. The second-order valence-electron chi connectivity index (χ2n) is 3.44. The van der Waals surface area contributed by atoms with Gasteiger partial charge in [0.25, 0.3) is 0 Å². The zero-order chi connectivity index (χ0) is 8.69. The summed E-state index contributed by atoms with van der Waals surface area (Å²) < 4.78 is 0. The second-order valence-corrected chi connectivity index (χ2v) is 3.44. The lowest BCUT2D eigenvalue weighted by atomic mass is 10.1. The van der Waals surface area contributed by atoms with Crippen LogP contribution in [0.3, 0.4) is 0 Å². The summed E-state index contributed by atoms with van der Waals surface area (Å²) in [5, 5.41) is 3.22. The molecule has 0 amide bonds. The predicted octanol–water partition coefficient (Wildman–Crippen LogP) is 2.59. The van der Waals surface area contributed by atoms with Crippen molar-refractivity contribution in [3.8, 4) is 0 Å². The van der Waals surface area contributed by atoms with Crippen LogP contribution in [0.15, 0.2) is 12.2 Å². The fourth-order valence-corrected chi connectivity index (χ4v) is 0.859. The fourth-order valence-electron chi connectivity index (χ4n) is 0.859. The minimum atomic E-state index is 0.645. The van der Waals surface area contributed by atoms with Gasteiger partial charge in [0.2, 0.25) is 0 Å². The Morgan fingerprint density at radius 2 is 1.91 bits per heavy atom. The van der Waals surface area contributed by atoms with Gasteiger partial charge in [-0.25, -0.2) is 0 Å². The zero-order valence-electron chi connectivity index (χ0n) is 8.22. The molecule has 0 aromatic rings. The summed E-state index contributed by atoms with van der Waals surface area (Å²) in [6.07, 6.45) is 6.97. The first-order valence-corrected chi connectivity index (χ1v) is 4.50. The molecule has 0 saturated heterocycles. The van der Waals surface area contributed by atoms with Crippen LogP contribution >= 0.6 is 0 Å². The summed E-state index contributed by atoms with van der Waals surface area (Å²) >= 11 is 0. The number of nitrogens with one attached hydrogen (secondary N) is 1. The van der Waals surface area contributed by atoms with Crippen LogP contribution in [0.25, 0.3) is 0 Å². The van der Waals surface area contributed by atoms with E-state index in [4.69, 9.17) is 0 Å². The number of hydrogen-bond acceptors (Lipinski definition) is 1. The average molecular weight is 155 g/mol. The number of hydrogen-bond donors (Lipinski definition) is 1. The highest BCUT2D eigenvalue weighted by Crippen LogP contribution is 2.00. The first kappa shape index (κ1) is 10.7. The summed E-state index contributed by atoms with van der Waals surface area (Å²) in [7, 11) is 2.01. The smallest absolute Gasteiger partial charge is 0.00386 e. The molecule has 11 heavy (non-hydrogen) atoms. The van der Waals surface area contributed by atoms with Crippen molar-refractivity contribution in [3.63, 3.8) is 0 Å². The monoisotopic (exact) mass is 155 g/mol. The minimum absolute atomic E-state index is 0.645. The van der Waals surface area contributed by atoms with Gasteiger partial charge in [0.1, 0.15) is 0 Å². The summed E-state index contributed by atoms with van der Waals surface area (Å²) in [6.45, 7) is 6.62. The first-order valence-electron chi connectivity index (χ1n) is 4.50. The Bertz CT molecular complexity index is 105. The Morgan fingerprint density at radius 3 is 2.36 bits per heavy atom. The molecular formula is C10H21N. The molecule has 0 aromatic heterocycles. The third-order valence-electron chi connectivity index (χ3n) is 1.78. The molecule has 1 unspecified atom stereocenters. The maximum atomic E-state index is 3.22. The van der Waals surface area contributed by atoms with Crippen LogP contribution in [0.4, 0.5) is 0 Å². The molecule has 0 saturated carbocycles. The van der Waals surface area contributed by atoms with E-state index in [0.717, 1.165) is 0 Å². The Kier molecular flexibility index (Phi) is 6.24. The van der Waals surface area contributed by atoms with E-state index in [1.807, 2.05) is 7.05 Å². The maximum absolute atomic E-state index is 3.22. The molecule has 1 heteroatoms. The van der Waals surface area contributed by atoms with Gasteiger partial charge in [0, 0.05) is 6.04 Å². The highest BCUT2D eigenvalue weighted by molar-refractivity contribution is 4.84. The molecule has 0 rings (SSSR count). The van der Waals surface area contributed by atoms with Crippen LogP contribution in [-0.4, -0.2) is 13.1 Å². The van der Waals surface area contributed by atoms with E-state index in [-0.39, 0.29) is 0 Å². The van der Waals surface area contributed by atoms with Crippen molar-refractivity contribution in [1.82, 2.24) is 5.32 Å². The third-order valence-corrected chi connectivity index (χ3v) is 1.78. The number of rotatable bonds is 5. The standard InChI is InChI=1S/C10H21N/c1-9(2)7-5-6-8-10(3)11-4/h5,7,9-11H,6,8H2,1-4H3. The van der Waals surface area contributed by atoms with Crippen molar-refractivity contribution in [2.24, 2.45) is 5.92 Å².